The summed E-state index contributed by atoms with van der Waals surface area (Å²) in [5.41, 5.74) is 1.68. The van der Waals surface area contributed by atoms with Crippen molar-refractivity contribution in [3.63, 3.8) is 0 Å². The van der Waals surface area contributed by atoms with Crippen LogP contribution in [0.2, 0.25) is 5.02 Å². The van der Waals surface area contributed by atoms with Crippen LogP contribution in [0, 0.1) is 0 Å². The Morgan fingerprint density at radius 3 is 2.25 bits per heavy atom. The third kappa shape index (κ3) is 2.95. The average Bonchev–Trinajstić information content (AvgIpc) is 3.24. The number of hydroxylamine groups is 2. The van der Waals surface area contributed by atoms with Gasteiger partial charge in [0.05, 0.1) is 11.1 Å². The summed E-state index contributed by atoms with van der Waals surface area (Å²) in [5.74, 6) is -1.79. The van der Waals surface area contributed by atoms with Gasteiger partial charge in [0.2, 0.25) is 0 Å². The molecule has 140 valence electrons. The van der Waals surface area contributed by atoms with Crippen molar-refractivity contribution in [2.45, 2.75) is 13.3 Å². The molecule has 4 rings (SSSR count). The summed E-state index contributed by atoms with van der Waals surface area (Å²) in [4.78, 5) is 49.9. The van der Waals surface area contributed by atoms with Crippen molar-refractivity contribution in [3.8, 4) is 11.4 Å². The smallest absolute Gasteiger partial charge is 0.341 e. The number of aromatic amines is 1. The van der Waals surface area contributed by atoms with Gasteiger partial charge in [-0.25, -0.2) is 9.78 Å². The van der Waals surface area contributed by atoms with Crippen LogP contribution in [0.5, 0.6) is 0 Å². The number of nitrogens with zero attached hydrogens (tertiary/aromatic N) is 2. The summed E-state index contributed by atoms with van der Waals surface area (Å²) in [6.45, 7) is 1.85. The van der Waals surface area contributed by atoms with Crippen LogP contribution in [0.25, 0.3) is 11.4 Å². The standard InChI is InChI=1S/C20H14ClN3O4/c1-2-15-16(23-17(22-15)11-7-9-12(21)10-8-11)20(27)28-24-18(25)13-5-3-4-6-14(13)19(24)26/h3-10H,2H2,1H3,(H,22,23). The van der Waals surface area contributed by atoms with E-state index in [1.165, 1.54) is 12.1 Å². The zero-order chi connectivity index (χ0) is 19.8. The van der Waals surface area contributed by atoms with Crippen molar-refractivity contribution in [2.75, 3.05) is 0 Å². The minimum atomic E-state index is -0.886. The number of benzene rings is 2. The molecule has 1 aliphatic heterocycles. The first-order valence-corrected chi connectivity index (χ1v) is 8.92. The fourth-order valence-corrected chi connectivity index (χ4v) is 3.08. The Kier molecular flexibility index (Phi) is 4.44. The molecule has 0 atom stereocenters. The minimum absolute atomic E-state index is 0.0176. The number of fused-ring (bicyclic) bond motifs is 1. The zero-order valence-electron chi connectivity index (χ0n) is 14.7. The number of hydrogen-bond acceptors (Lipinski definition) is 5. The predicted molar refractivity (Wildman–Crippen MR) is 101 cm³/mol. The monoisotopic (exact) mass is 395 g/mol. The van der Waals surface area contributed by atoms with E-state index in [0.29, 0.717) is 28.0 Å². The maximum absolute atomic E-state index is 12.6. The molecular weight excluding hydrogens is 382 g/mol. The number of imidazole rings is 1. The van der Waals surface area contributed by atoms with Gasteiger partial charge < -0.3 is 9.82 Å². The molecule has 0 saturated carbocycles. The third-order valence-electron chi connectivity index (χ3n) is 4.37. The highest BCUT2D eigenvalue weighted by Gasteiger charge is 2.39. The number of nitrogens with one attached hydrogen (secondary N) is 1. The van der Waals surface area contributed by atoms with E-state index < -0.39 is 17.8 Å². The Hall–Kier alpha value is -3.45. The van der Waals surface area contributed by atoms with Gasteiger partial charge in [0.15, 0.2) is 5.69 Å². The number of amides is 2. The van der Waals surface area contributed by atoms with E-state index >= 15 is 0 Å². The van der Waals surface area contributed by atoms with Crippen molar-refractivity contribution in [2.24, 2.45) is 0 Å². The van der Waals surface area contributed by atoms with Gasteiger partial charge >= 0.3 is 5.97 Å². The number of halogens is 1. The van der Waals surface area contributed by atoms with Crippen LogP contribution in [0.3, 0.4) is 0 Å². The van der Waals surface area contributed by atoms with Crippen molar-refractivity contribution >= 4 is 29.4 Å². The number of H-pyrrole nitrogens is 1. The lowest BCUT2D eigenvalue weighted by molar-refractivity contribution is -0.0588. The summed E-state index contributed by atoms with van der Waals surface area (Å²) in [5, 5.41) is 1.06. The number of aryl methyl sites for hydroxylation is 1. The van der Waals surface area contributed by atoms with Gasteiger partial charge in [-0.1, -0.05) is 35.7 Å². The number of rotatable bonds is 4. The molecule has 8 heteroatoms. The number of imide groups is 1. The summed E-state index contributed by atoms with van der Waals surface area (Å²) >= 11 is 5.90. The Morgan fingerprint density at radius 1 is 1.07 bits per heavy atom. The minimum Gasteiger partial charge on any atom is -0.341 e. The fourth-order valence-electron chi connectivity index (χ4n) is 2.95. The van der Waals surface area contributed by atoms with Gasteiger partial charge in [-0.3, -0.25) is 9.59 Å². The molecular formula is C20H14ClN3O4. The highest BCUT2D eigenvalue weighted by molar-refractivity contribution is 6.30. The highest BCUT2D eigenvalue weighted by atomic mass is 35.5. The summed E-state index contributed by atoms with van der Waals surface area (Å²) < 4.78 is 0. The maximum Gasteiger partial charge on any atom is 0.384 e. The molecule has 0 radical (unpaired) electrons. The number of carbonyl (C=O) groups is 3. The van der Waals surface area contributed by atoms with Crippen LogP contribution in [0.4, 0.5) is 0 Å². The molecule has 2 amide bonds. The first kappa shape index (κ1) is 17.9. The lowest BCUT2D eigenvalue weighted by Gasteiger charge is -2.12. The van der Waals surface area contributed by atoms with E-state index in [1.807, 2.05) is 6.92 Å². The fraction of sp³-hybridized carbons (Fsp3) is 0.100. The normalized spacial score (nSPS) is 13.0. The van der Waals surface area contributed by atoms with E-state index in [9.17, 15) is 14.4 Å². The zero-order valence-corrected chi connectivity index (χ0v) is 15.5. The van der Waals surface area contributed by atoms with Crippen molar-refractivity contribution in [3.05, 3.63) is 76.1 Å². The van der Waals surface area contributed by atoms with Crippen LogP contribution in [0.1, 0.15) is 43.8 Å². The van der Waals surface area contributed by atoms with Gasteiger partial charge in [-0.05, 0) is 42.8 Å². The third-order valence-corrected chi connectivity index (χ3v) is 4.63. The highest BCUT2D eigenvalue weighted by Crippen LogP contribution is 2.25. The van der Waals surface area contributed by atoms with Crippen LogP contribution in [0.15, 0.2) is 48.5 Å². The predicted octanol–water partition coefficient (Wildman–Crippen LogP) is 3.66. The molecule has 0 bridgehead atoms. The molecule has 0 spiro atoms. The summed E-state index contributed by atoms with van der Waals surface area (Å²) in [7, 11) is 0. The maximum atomic E-state index is 12.6. The molecule has 3 aromatic rings. The first-order chi connectivity index (χ1) is 13.5. The second-order valence-electron chi connectivity index (χ2n) is 6.10. The van der Waals surface area contributed by atoms with Gasteiger partial charge in [-0.2, -0.15) is 0 Å². The van der Waals surface area contributed by atoms with E-state index in [-0.39, 0.29) is 16.8 Å². The van der Waals surface area contributed by atoms with E-state index in [0.717, 1.165) is 5.56 Å². The topological polar surface area (TPSA) is 92.4 Å². The lowest BCUT2D eigenvalue weighted by atomic mass is 10.1. The first-order valence-electron chi connectivity index (χ1n) is 8.54. The van der Waals surface area contributed by atoms with E-state index in [4.69, 9.17) is 16.4 Å². The lowest BCUT2D eigenvalue weighted by Crippen LogP contribution is -2.33. The SMILES string of the molecule is CCc1[nH]c(-c2ccc(Cl)cc2)nc1C(=O)ON1C(=O)c2ccccc2C1=O. The Bertz CT molecular complexity index is 1070. The molecule has 1 N–H and O–H groups in total. The molecule has 0 fully saturated rings. The van der Waals surface area contributed by atoms with Crippen molar-refractivity contribution in [1.29, 1.82) is 0 Å². The van der Waals surface area contributed by atoms with Crippen LogP contribution in [-0.2, 0) is 11.3 Å². The molecule has 28 heavy (non-hydrogen) atoms. The largest absolute Gasteiger partial charge is 0.384 e. The van der Waals surface area contributed by atoms with E-state index in [2.05, 4.69) is 9.97 Å². The second-order valence-corrected chi connectivity index (χ2v) is 6.54. The molecule has 0 aliphatic carbocycles. The quantitative estimate of drug-likeness (QED) is 0.680. The Morgan fingerprint density at radius 2 is 1.68 bits per heavy atom. The molecule has 2 heterocycles. The molecule has 7 nitrogen and oxygen atoms in total. The van der Waals surface area contributed by atoms with Crippen molar-refractivity contribution in [1.82, 2.24) is 15.0 Å². The van der Waals surface area contributed by atoms with Crippen LogP contribution >= 0.6 is 11.6 Å². The van der Waals surface area contributed by atoms with Gasteiger partial charge in [0.25, 0.3) is 11.8 Å². The van der Waals surface area contributed by atoms with Gasteiger partial charge in [0.1, 0.15) is 5.82 Å². The van der Waals surface area contributed by atoms with Gasteiger partial charge in [0, 0.05) is 16.3 Å². The number of carbonyl (C=O) groups excluding carboxylic acids is 3. The van der Waals surface area contributed by atoms with E-state index in [1.54, 1.807) is 36.4 Å². The van der Waals surface area contributed by atoms with Crippen molar-refractivity contribution < 1.29 is 19.2 Å². The average molecular weight is 396 g/mol. The molecule has 0 unspecified atom stereocenters. The number of hydrogen-bond donors (Lipinski definition) is 1. The molecule has 2 aromatic carbocycles. The second kappa shape index (κ2) is 6.94. The summed E-state index contributed by atoms with van der Waals surface area (Å²) in [6, 6.07) is 13.2. The summed E-state index contributed by atoms with van der Waals surface area (Å²) in [6.07, 6.45) is 0.479. The Balaban J connectivity index is 1.61. The Labute approximate surface area is 164 Å². The molecule has 0 saturated heterocycles. The van der Waals surface area contributed by atoms with Crippen LogP contribution < -0.4 is 0 Å². The molecule has 1 aromatic heterocycles. The van der Waals surface area contributed by atoms with Crippen LogP contribution in [-0.4, -0.2) is 32.8 Å². The van der Waals surface area contributed by atoms with Gasteiger partial charge in [-0.15, -0.1) is 0 Å². The molecule has 1 aliphatic rings. The number of aromatic nitrogens is 2.